The van der Waals surface area contributed by atoms with Gasteiger partial charge in [-0.1, -0.05) is 23.4 Å². The minimum absolute atomic E-state index is 0.608. The van der Waals surface area contributed by atoms with Crippen molar-refractivity contribution in [2.75, 3.05) is 18.4 Å². The number of aryl methyl sites for hydroxylation is 1. The van der Waals surface area contributed by atoms with E-state index >= 15 is 0 Å². The third kappa shape index (κ3) is 3.88. The van der Waals surface area contributed by atoms with Crippen LogP contribution in [0.3, 0.4) is 0 Å². The molecule has 0 saturated carbocycles. The van der Waals surface area contributed by atoms with Crippen molar-refractivity contribution in [2.24, 2.45) is 0 Å². The fourth-order valence-electron chi connectivity index (χ4n) is 1.46. The zero-order chi connectivity index (χ0) is 11.9. The Morgan fingerprint density at radius 3 is 2.71 bits per heavy atom. The van der Waals surface area contributed by atoms with Crippen LogP contribution in [0.1, 0.15) is 11.7 Å². The summed E-state index contributed by atoms with van der Waals surface area (Å²) in [6, 6.07) is 10.1. The second-order valence-corrected chi connectivity index (χ2v) is 3.70. The van der Waals surface area contributed by atoms with Crippen LogP contribution in [0, 0.1) is 6.92 Å². The van der Waals surface area contributed by atoms with Gasteiger partial charge in [-0.15, -0.1) is 0 Å². The van der Waals surface area contributed by atoms with Crippen molar-refractivity contribution in [3.63, 3.8) is 0 Å². The van der Waals surface area contributed by atoms with Crippen LogP contribution in [-0.4, -0.2) is 23.2 Å². The number of aromatic nitrogens is 2. The third-order valence-corrected chi connectivity index (χ3v) is 2.25. The maximum absolute atomic E-state index is 4.99. The summed E-state index contributed by atoms with van der Waals surface area (Å²) in [5.74, 6) is 1.30. The van der Waals surface area contributed by atoms with Crippen molar-refractivity contribution in [3.05, 3.63) is 42.0 Å². The van der Waals surface area contributed by atoms with Gasteiger partial charge in [-0.25, -0.2) is 0 Å². The van der Waals surface area contributed by atoms with Gasteiger partial charge in [0.1, 0.15) is 0 Å². The summed E-state index contributed by atoms with van der Waals surface area (Å²) in [6.07, 6.45) is 0. The predicted molar refractivity (Wildman–Crippen MR) is 65.7 cm³/mol. The largest absolute Gasteiger partial charge is 0.384 e. The van der Waals surface area contributed by atoms with Crippen LogP contribution >= 0.6 is 0 Å². The van der Waals surface area contributed by atoms with E-state index in [0.717, 1.165) is 18.8 Å². The first-order valence-corrected chi connectivity index (χ1v) is 5.63. The predicted octanol–water partition coefficient (Wildman–Crippen LogP) is 1.58. The topological polar surface area (TPSA) is 63.0 Å². The van der Waals surface area contributed by atoms with E-state index < -0.39 is 0 Å². The van der Waals surface area contributed by atoms with Crippen molar-refractivity contribution < 1.29 is 4.52 Å². The van der Waals surface area contributed by atoms with Crippen LogP contribution in [-0.2, 0) is 6.54 Å². The summed E-state index contributed by atoms with van der Waals surface area (Å²) >= 11 is 0. The molecule has 0 atom stereocenters. The van der Waals surface area contributed by atoms with Crippen LogP contribution in [0.15, 0.2) is 34.9 Å². The Hall–Kier alpha value is -1.88. The second kappa shape index (κ2) is 6.00. The van der Waals surface area contributed by atoms with Crippen molar-refractivity contribution >= 4 is 5.69 Å². The average Bonchev–Trinajstić information content (AvgIpc) is 2.76. The molecule has 2 N–H and O–H groups in total. The van der Waals surface area contributed by atoms with E-state index in [1.165, 1.54) is 0 Å². The Kier molecular flexibility index (Phi) is 4.10. The number of nitrogens with one attached hydrogen (secondary N) is 2. The Bertz CT molecular complexity index is 441. The van der Waals surface area contributed by atoms with E-state index in [2.05, 4.69) is 20.8 Å². The lowest BCUT2D eigenvalue weighted by atomic mass is 10.3. The van der Waals surface area contributed by atoms with Gasteiger partial charge in [0, 0.05) is 18.8 Å². The minimum atomic E-state index is 0.608. The maximum Gasteiger partial charge on any atom is 0.240 e. The molecular formula is C12H16N4O. The summed E-state index contributed by atoms with van der Waals surface area (Å²) in [5, 5.41) is 10.3. The normalized spacial score (nSPS) is 10.4. The Balaban J connectivity index is 1.61. The van der Waals surface area contributed by atoms with E-state index in [9.17, 15) is 0 Å². The van der Waals surface area contributed by atoms with Crippen LogP contribution in [0.25, 0.3) is 0 Å². The number of benzene rings is 1. The van der Waals surface area contributed by atoms with Crippen LogP contribution in [0.5, 0.6) is 0 Å². The first kappa shape index (κ1) is 11.6. The molecule has 1 heterocycles. The number of hydrogen-bond donors (Lipinski definition) is 2. The Labute approximate surface area is 100 Å². The van der Waals surface area contributed by atoms with Crippen molar-refractivity contribution in [3.8, 4) is 0 Å². The van der Waals surface area contributed by atoms with E-state index in [1.807, 2.05) is 37.3 Å². The van der Waals surface area contributed by atoms with Crippen molar-refractivity contribution in [1.82, 2.24) is 15.5 Å². The molecular weight excluding hydrogens is 216 g/mol. The number of rotatable bonds is 6. The molecule has 5 nitrogen and oxygen atoms in total. The summed E-state index contributed by atoms with van der Waals surface area (Å²) in [7, 11) is 0. The highest BCUT2D eigenvalue weighted by molar-refractivity contribution is 5.42. The monoisotopic (exact) mass is 232 g/mol. The molecule has 90 valence electrons. The summed E-state index contributed by atoms with van der Waals surface area (Å²) in [4.78, 5) is 4.11. The first-order valence-electron chi connectivity index (χ1n) is 5.63. The van der Waals surface area contributed by atoms with Gasteiger partial charge in [0.25, 0.3) is 0 Å². The van der Waals surface area contributed by atoms with Gasteiger partial charge in [0.2, 0.25) is 5.89 Å². The number of hydrogen-bond acceptors (Lipinski definition) is 5. The molecule has 0 radical (unpaired) electrons. The molecule has 0 aliphatic carbocycles. The molecule has 0 bridgehead atoms. The van der Waals surface area contributed by atoms with Crippen molar-refractivity contribution in [2.45, 2.75) is 13.5 Å². The lowest BCUT2D eigenvalue weighted by Gasteiger charge is -2.05. The highest BCUT2D eigenvalue weighted by atomic mass is 16.5. The SMILES string of the molecule is Cc1noc(CNCCNc2ccccc2)n1. The zero-order valence-electron chi connectivity index (χ0n) is 9.81. The van der Waals surface area contributed by atoms with Crippen LogP contribution in [0.2, 0.25) is 0 Å². The third-order valence-electron chi connectivity index (χ3n) is 2.25. The molecule has 1 aromatic heterocycles. The molecule has 2 rings (SSSR count). The standard InChI is InChI=1S/C12H16N4O/c1-10-15-12(17-16-10)9-13-7-8-14-11-5-3-2-4-6-11/h2-6,13-14H,7-9H2,1H3. The van der Waals surface area contributed by atoms with Crippen LogP contribution in [0.4, 0.5) is 5.69 Å². The molecule has 2 aromatic rings. The maximum atomic E-state index is 4.99. The molecule has 0 fully saturated rings. The summed E-state index contributed by atoms with van der Waals surface area (Å²) in [5.41, 5.74) is 1.13. The molecule has 0 aliphatic heterocycles. The van der Waals surface area contributed by atoms with E-state index in [1.54, 1.807) is 0 Å². The average molecular weight is 232 g/mol. The lowest BCUT2D eigenvalue weighted by molar-refractivity contribution is 0.365. The van der Waals surface area contributed by atoms with Gasteiger partial charge >= 0.3 is 0 Å². The second-order valence-electron chi connectivity index (χ2n) is 3.70. The van der Waals surface area contributed by atoms with Gasteiger partial charge in [0.15, 0.2) is 5.82 Å². The van der Waals surface area contributed by atoms with Gasteiger partial charge in [0.05, 0.1) is 6.54 Å². The molecule has 1 aromatic carbocycles. The van der Waals surface area contributed by atoms with Gasteiger partial charge in [-0.2, -0.15) is 4.98 Å². The van der Waals surface area contributed by atoms with E-state index in [-0.39, 0.29) is 0 Å². The molecule has 17 heavy (non-hydrogen) atoms. The quantitative estimate of drug-likeness (QED) is 0.740. The van der Waals surface area contributed by atoms with Gasteiger partial charge in [-0.05, 0) is 19.1 Å². The molecule has 0 aliphatic rings. The lowest BCUT2D eigenvalue weighted by Crippen LogP contribution is -2.21. The van der Waals surface area contributed by atoms with Gasteiger partial charge in [-0.3, -0.25) is 0 Å². The summed E-state index contributed by atoms with van der Waals surface area (Å²) < 4.78 is 4.99. The van der Waals surface area contributed by atoms with Gasteiger partial charge < -0.3 is 15.2 Å². The number of para-hydroxylation sites is 1. The number of nitrogens with zero attached hydrogens (tertiary/aromatic N) is 2. The van der Waals surface area contributed by atoms with E-state index in [4.69, 9.17) is 4.52 Å². The molecule has 0 saturated heterocycles. The molecule has 5 heteroatoms. The smallest absolute Gasteiger partial charge is 0.240 e. The highest BCUT2D eigenvalue weighted by Crippen LogP contribution is 2.03. The first-order chi connectivity index (χ1) is 8.34. The van der Waals surface area contributed by atoms with Crippen LogP contribution < -0.4 is 10.6 Å². The zero-order valence-corrected chi connectivity index (χ0v) is 9.81. The number of anilines is 1. The summed E-state index contributed by atoms with van der Waals surface area (Å²) in [6.45, 7) is 4.12. The minimum Gasteiger partial charge on any atom is -0.384 e. The Morgan fingerprint density at radius 2 is 2.00 bits per heavy atom. The highest BCUT2D eigenvalue weighted by Gasteiger charge is 2.00. The molecule has 0 amide bonds. The molecule has 0 unspecified atom stereocenters. The Morgan fingerprint density at radius 1 is 1.18 bits per heavy atom. The fraction of sp³-hybridized carbons (Fsp3) is 0.333. The van der Waals surface area contributed by atoms with E-state index in [0.29, 0.717) is 18.3 Å². The fourth-order valence-corrected chi connectivity index (χ4v) is 1.46. The van der Waals surface area contributed by atoms with Crippen molar-refractivity contribution in [1.29, 1.82) is 0 Å². The molecule has 0 spiro atoms.